The van der Waals surface area contributed by atoms with Crippen molar-refractivity contribution < 1.29 is 0 Å². The molecule has 15 heavy (non-hydrogen) atoms. The summed E-state index contributed by atoms with van der Waals surface area (Å²) in [6.45, 7) is 1.99. The van der Waals surface area contributed by atoms with E-state index in [1.165, 1.54) is 0 Å². The highest BCUT2D eigenvalue weighted by molar-refractivity contribution is 7.09. The molecular weight excluding hydrogens is 208 g/mol. The van der Waals surface area contributed by atoms with Crippen LogP contribution in [0.4, 0.5) is 0 Å². The fraction of sp³-hybridized carbons (Fsp3) is 0.400. The summed E-state index contributed by atoms with van der Waals surface area (Å²) < 4.78 is 1.79. The minimum atomic E-state index is 0.00685. The zero-order chi connectivity index (χ0) is 10.8. The Morgan fingerprint density at radius 3 is 2.93 bits per heavy atom. The van der Waals surface area contributed by atoms with Crippen LogP contribution in [0.25, 0.3) is 0 Å². The molecule has 1 atom stereocenters. The average Bonchev–Trinajstić information content (AvgIpc) is 2.75. The predicted molar refractivity (Wildman–Crippen MR) is 60.7 cm³/mol. The van der Waals surface area contributed by atoms with Crippen LogP contribution < -0.4 is 5.73 Å². The van der Waals surface area contributed by atoms with E-state index in [1.54, 1.807) is 16.0 Å². The van der Waals surface area contributed by atoms with Gasteiger partial charge >= 0.3 is 0 Å². The number of rotatable bonds is 3. The zero-order valence-electron chi connectivity index (χ0n) is 8.84. The summed E-state index contributed by atoms with van der Waals surface area (Å²) >= 11 is 1.61. The normalized spacial score (nSPS) is 13.0. The maximum absolute atomic E-state index is 6.10. The van der Waals surface area contributed by atoms with Gasteiger partial charge in [-0.05, 0) is 13.0 Å². The molecule has 0 aliphatic carbocycles. The van der Waals surface area contributed by atoms with Gasteiger partial charge in [-0.25, -0.2) is 4.98 Å². The summed E-state index contributed by atoms with van der Waals surface area (Å²) in [4.78, 5) is 5.35. The molecule has 0 aromatic carbocycles. The minimum absolute atomic E-state index is 0.00685. The lowest BCUT2D eigenvalue weighted by molar-refractivity contribution is 0.679. The molecular formula is C10H14N4S. The third-order valence-corrected chi connectivity index (χ3v) is 3.38. The molecule has 0 saturated heterocycles. The molecule has 1 unspecified atom stereocenters. The molecule has 2 aromatic rings. The van der Waals surface area contributed by atoms with E-state index in [0.29, 0.717) is 0 Å². The maximum Gasteiger partial charge on any atom is 0.0798 e. The highest BCUT2D eigenvalue weighted by atomic mass is 32.1. The maximum atomic E-state index is 6.10. The SMILES string of the molecule is Cc1ncsc1C(N)Cc1ccn(C)n1. The lowest BCUT2D eigenvalue weighted by Crippen LogP contribution is -2.13. The van der Waals surface area contributed by atoms with E-state index >= 15 is 0 Å². The van der Waals surface area contributed by atoms with Gasteiger partial charge in [0.05, 0.1) is 16.9 Å². The number of thiazole rings is 1. The van der Waals surface area contributed by atoms with Crippen LogP contribution >= 0.6 is 11.3 Å². The van der Waals surface area contributed by atoms with E-state index < -0.39 is 0 Å². The van der Waals surface area contributed by atoms with Crippen molar-refractivity contribution in [3.05, 3.63) is 34.0 Å². The molecule has 0 amide bonds. The second-order valence-corrected chi connectivity index (χ2v) is 4.48. The van der Waals surface area contributed by atoms with Crippen LogP contribution in [0, 0.1) is 6.92 Å². The van der Waals surface area contributed by atoms with Crippen molar-refractivity contribution in [2.75, 3.05) is 0 Å². The van der Waals surface area contributed by atoms with Gasteiger partial charge in [0, 0.05) is 30.6 Å². The first-order valence-electron chi connectivity index (χ1n) is 4.81. The van der Waals surface area contributed by atoms with Gasteiger partial charge in [0.25, 0.3) is 0 Å². The number of aromatic nitrogens is 3. The quantitative estimate of drug-likeness (QED) is 0.854. The third kappa shape index (κ3) is 2.24. The second-order valence-electron chi connectivity index (χ2n) is 3.59. The highest BCUT2D eigenvalue weighted by Crippen LogP contribution is 2.22. The molecule has 4 nitrogen and oxygen atoms in total. The molecule has 0 radical (unpaired) electrons. The van der Waals surface area contributed by atoms with Crippen LogP contribution in [0.15, 0.2) is 17.8 Å². The molecule has 0 aliphatic heterocycles. The molecule has 2 rings (SSSR count). The standard InChI is InChI=1S/C10H14N4S/c1-7-10(15-6-12-7)9(11)5-8-3-4-14(2)13-8/h3-4,6,9H,5,11H2,1-2H3. The summed E-state index contributed by atoms with van der Waals surface area (Å²) in [5, 5.41) is 4.31. The second kappa shape index (κ2) is 4.12. The Bertz CT molecular complexity index is 446. The Morgan fingerprint density at radius 1 is 1.60 bits per heavy atom. The summed E-state index contributed by atoms with van der Waals surface area (Å²) in [5.74, 6) is 0. The van der Waals surface area contributed by atoms with Crippen molar-refractivity contribution in [1.82, 2.24) is 14.8 Å². The smallest absolute Gasteiger partial charge is 0.0798 e. The largest absolute Gasteiger partial charge is 0.323 e. The molecule has 5 heteroatoms. The zero-order valence-corrected chi connectivity index (χ0v) is 9.66. The topological polar surface area (TPSA) is 56.7 Å². The van der Waals surface area contributed by atoms with Crippen molar-refractivity contribution in [2.24, 2.45) is 12.8 Å². The lowest BCUT2D eigenvalue weighted by atomic mass is 10.1. The summed E-state index contributed by atoms with van der Waals surface area (Å²) in [6.07, 6.45) is 2.70. The number of hydrogen-bond acceptors (Lipinski definition) is 4. The molecule has 2 heterocycles. The number of nitrogens with zero attached hydrogens (tertiary/aromatic N) is 3. The van der Waals surface area contributed by atoms with Gasteiger partial charge in [-0.1, -0.05) is 0 Å². The van der Waals surface area contributed by atoms with E-state index in [0.717, 1.165) is 22.7 Å². The number of hydrogen-bond donors (Lipinski definition) is 1. The van der Waals surface area contributed by atoms with Crippen LogP contribution in [-0.4, -0.2) is 14.8 Å². The molecule has 0 aliphatic rings. The number of aryl methyl sites for hydroxylation is 2. The van der Waals surface area contributed by atoms with Crippen molar-refractivity contribution in [3.8, 4) is 0 Å². The third-order valence-electron chi connectivity index (χ3n) is 2.32. The average molecular weight is 222 g/mol. The monoisotopic (exact) mass is 222 g/mol. The van der Waals surface area contributed by atoms with E-state index in [4.69, 9.17) is 5.73 Å². The fourth-order valence-electron chi connectivity index (χ4n) is 1.56. The molecule has 80 valence electrons. The fourth-order valence-corrected chi connectivity index (χ4v) is 2.36. The van der Waals surface area contributed by atoms with E-state index in [1.807, 2.05) is 31.7 Å². The minimum Gasteiger partial charge on any atom is -0.323 e. The Balaban J connectivity index is 2.10. The van der Waals surface area contributed by atoms with Gasteiger partial charge in [-0.2, -0.15) is 5.10 Å². The molecule has 0 saturated carbocycles. The first-order chi connectivity index (χ1) is 7.16. The Kier molecular flexibility index (Phi) is 2.83. The Hall–Kier alpha value is -1.20. The Labute approximate surface area is 92.8 Å². The first kappa shape index (κ1) is 10.3. The van der Waals surface area contributed by atoms with Gasteiger partial charge in [0.15, 0.2) is 0 Å². The van der Waals surface area contributed by atoms with Gasteiger partial charge < -0.3 is 5.73 Å². The summed E-state index contributed by atoms with van der Waals surface area (Å²) in [7, 11) is 1.91. The van der Waals surface area contributed by atoms with Crippen molar-refractivity contribution in [2.45, 2.75) is 19.4 Å². The molecule has 0 fully saturated rings. The molecule has 2 aromatic heterocycles. The van der Waals surface area contributed by atoms with Gasteiger partial charge in [-0.3, -0.25) is 4.68 Å². The van der Waals surface area contributed by atoms with E-state index in [9.17, 15) is 0 Å². The Morgan fingerprint density at radius 2 is 2.40 bits per heavy atom. The predicted octanol–water partition coefficient (Wildman–Crippen LogP) is 1.43. The van der Waals surface area contributed by atoms with Gasteiger partial charge in [0.2, 0.25) is 0 Å². The molecule has 0 bridgehead atoms. The molecule has 0 spiro atoms. The van der Waals surface area contributed by atoms with Crippen molar-refractivity contribution in [3.63, 3.8) is 0 Å². The van der Waals surface area contributed by atoms with Crippen LogP contribution in [0.3, 0.4) is 0 Å². The van der Waals surface area contributed by atoms with E-state index in [-0.39, 0.29) is 6.04 Å². The van der Waals surface area contributed by atoms with Gasteiger partial charge in [-0.15, -0.1) is 11.3 Å². The summed E-state index contributed by atoms with van der Waals surface area (Å²) in [5.41, 5.74) is 10.00. The highest BCUT2D eigenvalue weighted by Gasteiger charge is 2.13. The van der Waals surface area contributed by atoms with Crippen LogP contribution in [0.2, 0.25) is 0 Å². The van der Waals surface area contributed by atoms with Gasteiger partial charge in [0.1, 0.15) is 0 Å². The summed E-state index contributed by atoms with van der Waals surface area (Å²) in [6, 6.07) is 2.00. The van der Waals surface area contributed by atoms with Crippen LogP contribution in [0.5, 0.6) is 0 Å². The van der Waals surface area contributed by atoms with Crippen molar-refractivity contribution in [1.29, 1.82) is 0 Å². The van der Waals surface area contributed by atoms with Crippen LogP contribution in [-0.2, 0) is 13.5 Å². The van der Waals surface area contributed by atoms with E-state index in [2.05, 4.69) is 10.1 Å². The lowest BCUT2D eigenvalue weighted by Gasteiger charge is -2.07. The molecule has 2 N–H and O–H groups in total. The first-order valence-corrected chi connectivity index (χ1v) is 5.69. The number of nitrogens with two attached hydrogens (primary N) is 1. The van der Waals surface area contributed by atoms with Crippen molar-refractivity contribution >= 4 is 11.3 Å². The van der Waals surface area contributed by atoms with Crippen LogP contribution in [0.1, 0.15) is 22.3 Å².